The number of anilines is 1. The van der Waals surface area contributed by atoms with Crippen molar-refractivity contribution in [3.05, 3.63) is 28.8 Å². The predicted octanol–water partition coefficient (Wildman–Crippen LogP) is 4.61. The zero-order valence-electron chi connectivity index (χ0n) is 12.8. The first-order valence-electron chi connectivity index (χ1n) is 7.95. The van der Waals surface area contributed by atoms with Crippen LogP contribution in [0.1, 0.15) is 51.0 Å². The van der Waals surface area contributed by atoms with Crippen molar-refractivity contribution >= 4 is 17.3 Å². The first-order valence-corrected chi connectivity index (χ1v) is 8.32. The van der Waals surface area contributed by atoms with Gasteiger partial charge in [-0.3, -0.25) is 0 Å². The highest BCUT2D eigenvalue weighted by atomic mass is 35.5. The number of halogens is 1. The van der Waals surface area contributed by atoms with Gasteiger partial charge >= 0.3 is 0 Å². The highest BCUT2D eigenvalue weighted by Crippen LogP contribution is 2.31. The summed E-state index contributed by atoms with van der Waals surface area (Å²) in [5.74, 6) is 0. The van der Waals surface area contributed by atoms with E-state index >= 15 is 0 Å². The Labute approximate surface area is 128 Å². The number of nitrogens with zero attached hydrogens (tertiary/aromatic N) is 1. The summed E-state index contributed by atoms with van der Waals surface area (Å²) in [6, 6.07) is 6.96. The molecule has 1 aromatic carbocycles. The molecule has 0 radical (unpaired) electrons. The third-order valence-electron chi connectivity index (χ3n) is 4.33. The van der Waals surface area contributed by atoms with Crippen molar-refractivity contribution in [2.75, 3.05) is 18.5 Å². The van der Waals surface area contributed by atoms with Crippen molar-refractivity contribution in [2.45, 2.75) is 58.0 Å². The second-order valence-electron chi connectivity index (χ2n) is 5.82. The molecule has 0 bridgehead atoms. The van der Waals surface area contributed by atoms with Crippen LogP contribution < -0.4 is 10.2 Å². The van der Waals surface area contributed by atoms with Crippen LogP contribution in [0.4, 0.5) is 5.69 Å². The van der Waals surface area contributed by atoms with Gasteiger partial charge in [0.1, 0.15) is 0 Å². The van der Waals surface area contributed by atoms with Gasteiger partial charge in [-0.05, 0) is 37.9 Å². The quantitative estimate of drug-likeness (QED) is 0.771. The van der Waals surface area contributed by atoms with Crippen LogP contribution in [0.2, 0.25) is 5.02 Å². The van der Waals surface area contributed by atoms with Crippen LogP contribution >= 0.6 is 11.6 Å². The van der Waals surface area contributed by atoms with E-state index < -0.39 is 0 Å². The molecule has 3 heteroatoms. The van der Waals surface area contributed by atoms with E-state index in [2.05, 4.69) is 36.3 Å². The summed E-state index contributed by atoms with van der Waals surface area (Å²) in [6.07, 6.45) is 7.89. The van der Waals surface area contributed by atoms with Crippen LogP contribution in [0.15, 0.2) is 18.2 Å². The summed E-state index contributed by atoms with van der Waals surface area (Å²) in [5, 5.41) is 4.36. The lowest BCUT2D eigenvalue weighted by Crippen LogP contribution is -2.34. The topological polar surface area (TPSA) is 15.3 Å². The Morgan fingerprint density at radius 3 is 2.70 bits per heavy atom. The van der Waals surface area contributed by atoms with Crippen LogP contribution in [-0.4, -0.2) is 19.6 Å². The lowest BCUT2D eigenvalue weighted by molar-refractivity contribution is 0.427. The molecule has 112 valence electrons. The fourth-order valence-corrected chi connectivity index (χ4v) is 3.34. The zero-order chi connectivity index (χ0) is 14.4. The molecular formula is C17H27ClN2. The highest BCUT2D eigenvalue weighted by molar-refractivity contribution is 6.31. The van der Waals surface area contributed by atoms with Crippen molar-refractivity contribution in [1.82, 2.24) is 5.32 Å². The monoisotopic (exact) mass is 294 g/mol. The number of benzene rings is 1. The molecule has 0 unspecified atom stereocenters. The lowest BCUT2D eigenvalue weighted by Gasteiger charge is -2.34. The van der Waals surface area contributed by atoms with E-state index in [1.165, 1.54) is 43.4 Å². The van der Waals surface area contributed by atoms with Gasteiger partial charge in [0.2, 0.25) is 0 Å². The summed E-state index contributed by atoms with van der Waals surface area (Å²) in [5.41, 5.74) is 2.55. The standard InChI is InChI=1S/C17H27ClN2/c1-3-12-19-13-15-16(18)10-7-11-17(15)20(2)14-8-5-4-6-9-14/h7,10-11,14,19H,3-6,8-9,12-13H2,1-2H3. The summed E-state index contributed by atoms with van der Waals surface area (Å²) >= 11 is 6.42. The largest absolute Gasteiger partial charge is 0.371 e. The summed E-state index contributed by atoms with van der Waals surface area (Å²) in [4.78, 5) is 2.45. The first kappa shape index (κ1) is 15.7. The molecule has 0 spiro atoms. The van der Waals surface area contributed by atoms with E-state index in [0.29, 0.717) is 6.04 Å². The Hall–Kier alpha value is -0.730. The SMILES string of the molecule is CCCNCc1c(Cl)cccc1N(C)C1CCCCC1. The molecule has 0 aromatic heterocycles. The third kappa shape index (κ3) is 3.89. The van der Waals surface area contributed by atoms with E-state index in [4.69, 9.17) is 11.6 Å². The molecule has 1 aliphatic rings. The van der Waals surface area contributed by atoms with Gasteiger partial charge in [-0.25, -0.2) is 0 Å². The molecule has 1 aromatic rings. The lowest BCUT2D eigenvalue weighted by atomic mass is 9.94. The van der Waals surface area contributed by atoms with Crippen molar-refractivity contribution in [3.63, 3.8) is 0 Å². The fraction of sp³-hybridized carbons (Fsp3) is 0.647. The summed E-state index contributed by atoms with van der Waals surface area (Å²) in [7, 11) is 2.23. The van der Waals surface area contributed by atoms with Gasteiger partial charge in [0, 0.05) is 35.9 Å². The number of hydrogen-bond acceptors (Lipinski definition) is 2. The summed E-state index contributed by atoms with van der Waals surface area (Å²) in [6.45, 7) is 4.09. The minimum Gasteiger partial charge on any atom is -0.371 e. The van der Waals surface area contributed by atoms with E-state index in [1.807, 2.05) is 6.07 Å². The molecule has 2 nitrogen and oxygen atoms in total. The first-order chi connectivity index (χ1) is 9.74. The molecule has 0 atom stereocenters. The van der Waals surface area contributed by atoms with Crippen LogP contribution in [-0.2, 0) is 6.54 Å². The average Bonchev–Trinajstić information content (AvgIpc) is 2.49. The second-order valence-corrected chi connectivity index (χ2v) is 6.22. The van der Waals surface area contributed by atoms with Gasteiger partial charge in [-0.1, -0.05) is 43.9 Å². The molecule has 20 heavy (non-hydrogen) atoms. The Morgan fingerprint density at radius 2 is 2.00 bits per heavy atom. The molecule has 0 amide bonds. The van der Waals surface area contributed by atoms with Gasteiger partial charge in [-0.15, -0.1) is 0 Å². The highest BCUT2D eigenvalue weighted by Gasteiger charge is 2.20. The zero-order valence-corrected chi connectivity index (χ0v) is 13.5. The molecule has 1 saturated carbocycles. The number of hydrogen-bond donors (Lipinski definition) is 1. The second kappa shape index (κ2) is 7.90. The number of rotatable bonds is 6. The Morgan fingerprint density at radius 1 is 1.25 bits per heavy atom. The maximum absolute atomic E-state index is 6.42. The van der Waals surface area contributed by atoms with Crippen molar-refractivity contribution in [3.8, 4) is 0 Å². The van der Waals surface area contributed by atoms with Gasteiger partial charge < -0.3 is 10.2 Å². The van der Waals surface area contributed by atoms with Gasteiger partial charge in [0.25, 0.3) is 0 Å². The van der Waals surface area contributed by atoms with Crippen LogP contribution in [0, 0.1) is 0 Å². The maximum atomic E-state index is 6.42. The van der Waals surface area contributed by atoms with Crippen LogP contribution in [0.25, 0.3) is 0 Å². The van der Waals surface area contributed by atoms with Gasteiger partial charge in [0.15, 0.2) is 0 Å². The maximum Gasteiger partial charge on any atom is 0.0471 e. The van der Waals surface area contributed by atoms with Crippen LogP contribution in [0.3, 0.4) is 0 Å². The third-order valence-corrected chi connectivity index (χ3v) is 4.68. The Bertz CT molecular complexity index is 413. The fourth-order valence-electron chi connectivity index (χ4n) is 3.11. The molecule has 0 aliphatic heterocycles. The Balaban J connectivity index is 2.14. The molecule has 1 fully saturated rings. The van der Waals surface area contributed by atoms with E-state index in [0.717, 1.165) is 24.5 Å². The van der Waals surface area contributed by atoms with Gasteiger partial charge in [0.05, 0.1) is 0 Å². The molecule has 2 rings (SSSR count). The molecule has 0 saturated heterocycles. The summed E-state index contributed by atoms with van der Waals surface area (Å²) < 4.78 is 0. The van der Waals surface area contributed by atoms with E-state index in [-0.39, 0.29) is 0 Å². The number of nitrogens with one attached hydrogen (secondary N) is 1. The normalized spacial score (nSPS) is 16.4. The molecule has 1 aliphatic carbocycles. The van der Waals surface area contributed by atoms with E-state index in [9.17, 15) is 0 Å². The van der Waals surface area contributed by atoms with Crippen molar-refractivity contribution < 1.29 is 0 Å². The van der Waals surface area contributed by atoms with Gasteiger partial charge in [-0.2, -0.15) is 0 Å². The smallest absolute Gasteiger partial charge is 0.0471 e. The molecule has 0 heterocycles. The van der Waals surface area contributed by atoms with E-state index in [1.54, 1.807) is 0 Å². The Kier molecular flexibility index (Phi) is 6.18. The minimum absolute atomic E-state index is 0.673. The average molecular weight is 295 g/mol. The predicted molar refractivity (Wildman–Crippen MR) is 88.7 cm³/mol. The van der Waals surface area contributed by atoms with Crippen LogP contribution in [0.5, 0.6) is 0 Å². The molecule has 1 N–H and O–H groups in total. The molecular weight excluding hydrogens is 268 g/mol. The van der Waals surface area contributed by atoms with Crippen molar-refractivity contribution in [1.29, 1.82) is 0 Å². The minimum atomic E-state index is 0.673. The van der Waals surface area contributed by atoms with Crippen molar-refractivity contribution in [2.24, 2.45) is 0 Å².